The number of nitrogens with two attached hydrogens (primary N) is 1. The molecule has 1 rings (SSSR count). The van der Waals surface area contributed by atoms with Gasteiger partial charge in [0.05, 0.1) is 6.42 Å². The standard InChI is InChI=1S/C11H14F3N/c1-8(7-15)10-4-2-3-9(5-10)6-11(12,13)14/h2-5,8H,6-7,15H2,1H3. The van der Waals surface area contributed by atoms with Crippen molar-refractivity contribution < 1.29 is 13.2 Å². The molecule has 1 unspecified atom stereocenters. The number of hydrogen-bond acceptors (Lipinski definition) is 1. The van der Waals surface area contributed by atoms with Gasteiger partial charge in [0.25, 0.3) is 0 Å². The molecule has 0 saturated heterocycles. The predicted octanol–water partition coefficient (Wildman–Crippen LogP) is 2.85. The monoisotopic (exact) mass is 217 g/mol. The number of benzene rings is 1. The summed E-state index contributed by atoms with van der Waals surface area (Å²) in [7, 11) is 0. The molecule has 1 aromatic rings. The topological polar surface area (TPSA) is 26.0 Å². The van der Waals surface area contributed by atoms with Gasteiger partial charge in [-0.3, -0.25) is 0 Å². The van der Waals surface area contributed by atoms with E-state index in [1.54, 1.807) is 18.2 Å². The van der Waals surface area contributed by atoms with Gasteiger partial charge >= 0.3 is 6.18 Å². The summed E-state index contributed by atoms with van der Waals surface area (Å²) in [6, 6.07) is 6.51. The Morgan fingerprint density at radius 2 is 2.00 bits per heavy atom. The van der Waals surface area contributed by atoms with Gasteiger partial charge in [0, 0.05) is 0 Å². The predicted molar refractivity (Wildman–Crippen MR) is 53.7 cm³/mol. The van der Waals surface area contributed by atoms with Gasteiger partial charge in [-0.25, -0.2) is 0 Å². The van der Waals surface area contributed by atoms with E-state index in [0.29, 0.717) is 12.1 Å². The highest BCUT2D eigenvalue weighted by Crippen LogP contribution is 2.23. The van der Waals surface area contributed by atoms with Gasteiger partial charge in [-0.05, 0) is 23.6 Å². The molecule has 0 radical (unpaired) electrons. The minimum absolute atomic E-state index is 0.0955. The smallest absolute Gasteiger partial charge is 0.330 e. The summed E-state index contributed by atoms with van der Waals surface area (Å²) in [6.45, 7) is 2.34. The third-order valence-electron chi connectivity index (χ3n) is 2.28. The summed E-state index contributed by atoms with van der Waals surface area (Å²) in [5.74, 6) is 0.0955. The summed E-state index contributed by atoms with van der Waals surface area (Å²) < 4.78 is 36.4. The van der Waals surface area contributed by atoms with Crippen LogP contribution in [-0.4, -0.2) is 12.7 Å². The van der Waals surface area contributed by atoms with Gasteiger partial charge in [-0.15, -0.1) is 0 Å². The fourth-order valence-electron chi connectivity index (χ4n) is 1.38. The molecular weight excluding hydrogens is 203 g/mol. The van der Waals surface area contributed by atoms with Gasteiger partial charge in [-0.2, -0.15) is 13.2 Å². The number of rotatable bonds is 3. The minimum Gasteiger partial charge on any atom is -0.330 e. The van der Waals surface area contributed by atoms with Crippen molar-refractivity contribution in [1.82, 2.24) is 0 Å². The van der Waals surface area contributed by atoms with Crippen LogP contribution in [-0.2, 0) is 6.42 Å². The molecule has 1 nitrogen and oxygen atoms in total. The first kappa shape index (κ1) is 12.0. The van der Waals surface area contributed by atoms with E-state index in [1.807, 2.05) is 6.92 Å². The molecule has 2 N–H and O–H groups in total. The molecule has 0 aliphatic heterocycles. The van der Waals surface area contributed by atoms with Crippen LogP contribution in [0, 0.1) is 0 Å². The van der Waals surface area contributed by atoms with E-state index in [9.17, 15) is 13.2 Å². The van der Waals surface area contributed by atoms with Crippen LogP contribution in [0.1, 0.15) is 24.0 Å². The van der Waals surface area contributed by atoms with Crippen LogP contribution < -0.4 is 5.73 Å². The van der Waals surface area contributed by atoms with E-state index in [4.69, 9.17) is 5.73 Å². The quantitative estimate of drug-likeness (QED) is 0.827. The maximum Gasteiger partial charge on any atom is 0.393 e. The third-order valence-corrected chi connectivity index (χ3v) is 2.28. The molecule has 0 amide bonds. The maximum atomic E-state index is 12.1. The van der Waals surface area contributed by atoms with Crippen LogP contribution >= 0.6 is 0 Å². The van der Waals surface area contributed by atoms with Gasteiger partial charge in [0.15, 0.2) is 0 Å². The fourth-order valence-corrected chi connectivity index (χ4v) is 1.38. The Labute approximate surface area is 87.1 Å². The molecule has 0 heterocycles. The largest absolute Gasteiger partial charge is 0.393 e. The van der Waals surface area contributed by atoms with Crippen molar-refractivity contribution in [2.75, 3.05) is 6.54 Å². The lowest BCUT2D eigenvalue weighted by molar-refractivity contribution is -0.127. The van der Waals surface area contributed by atoms with E-state index >= 15 is 0 Å². The fraction of sp³-hybridized carbons (Fsp3) is 0.455. The van der Waals surface area contributed by atoms with Gasteiger partial charge < -0.3 is 5.73 Å². The van der Waals surface area contributed by atoms with Crippen LogP contribution in [0.2, 0.25) is 0 Å². The van der Waals surface area contributed by atoms with Crippen molar-refractivity contribution in [3.8, 4) is 0 Å². The van der Waals surface area contributed by atoms with E-state index in [1.165, 1.54) is 6.07 Å². The Bertz CT molecular complexity index is 320. The van der Waals surface area contributed by atoms with E-state index in [0.717, 1.165) is 5.56 Å². The minimum atomic E-state index is -4.15. The Hall–Kier alpha value is -1.03. The highest BCUT2D eigenvalue weighted by molar-refractivity contribution is 5.26. The molecule has 1 aromatic carbocycles. The average molecular weight is 217 g/mol. The zero-order valence-corrected chi connectivity index (χ0v) is 8.51. The van der Waals surface area contributed by atoms with E-state index in [2.05, 4.69) is 0 Å². The zero-order valence-electron chi connectivity index (χ0n) is 8.51. The first-order chi connectivity index (χ1) is 6.92. The second-order valence-corrected chi connectivity index (χ2v) is 3.67. The summed E-state index contributed by atoms with van der Waals surface area (Å²) in [5.41, 5.74) is 6.61. The SMILES string of the molecule is CC(CN)c1cccc(CC(F)(F)F)c1. The Balaban J connectivity index is 2.83. The second kappa shape index (κ2) is 4.66. The summed E-state index contributed by atoms with van der Waals surface area (Å²) in [4.78, 5) is 0. The van der Waals surface area contributed by atoms with Crippen LogP contribution in [0.15, 0.2) is 24.3 Å². The van der Waals surface area contributed by atoms with Gasteiger partial charge in [-0.1, -0.05) is 31.2 Å². The van der Waals surface area contributed by atoms with Crippen LogP contribution in [0.3, 0.4) is 0 Å². The lowest BCUT2D eigenvalue weighted by Gasteiger charge is -2.11. The number of hydrogen-bond donors (Lipinski definition) is 1. The molecule has 0 aromatic heterocycles. The molecule has 1 atom stereocenters. The molecule has 0 bridgehead atoms. The summed E-state index contributed by atoms with van der Waals surface area (Å²) in [6.07, 6.45) is -5.03. The average Bonchev–Trinajstić information content (AvgIpc) is 2.14. The highest BCUT2D eigenvalue weighted by Gasteiger charge is 2.27. The van der Waals surface area contributed by atoms with Crippen LogP contribution in [0.25, 0.3) is 0 Å². The van der Waals surface area contributed by atoms with Crippen LogP contribution in [0.5, 0.6) is 0 Å². The molecule has 0 fully saturated rings. The molecule has 0 aliphatic carbocycles. The zero-order chi connectivity index (χ0) is 11.5. The van der Waals surface area contributed by atoms with Gasteiger partial charge in [0.1, 0.15) is 0 Å². The van der Waals surface area contributed by atoms with Crippen molar-refractivity contribution in [3.63, 3.8) is 0 Å². The second-order valence-electron chi connectivity index (χ2n) is 3.67. The molecule has 0 aliphatic rings. The van der Waals surface area contributed by atoms with Crippen molar-refractivity contribution in [3.05, 3.63) is 35.4 Å². The van der Waals surface area contributed by atoms with Crippen molar-refractivity contribution in [1.29, 1.82) is 0 Å². The van der Waals surface area contributed by atoms with Crippen molar-refractivity contribution in [2.45, 2.75) is 25.4 Å². The molecule has 0 spiro atoms. The third kappa shape index (κ3) is 3.91. The van der Waals surface area contributed by atoms with E-state index in [-0.39, 0.29) is 5.92 Å². The van der Waals surface area contributed by atoms with Crippen LogP contribution in [0.4, 0.5) is 13.2 Å². The molecule has 4 heteroatoms. The number of alkyl halides is 3. The molecular formula is C11H14F3N. The lowest BCUT2D eigenvalue weighted by Crippen LogP contribution is -2.13. The Morgan fingerprint density at radius 1 is 1.33 bits per heavy atom. The highest BCUT2D eigenvalue weighted by atomic mass is 19.4. The Kier molecular flexibility index (Phi) is 3.74. The van der Waals surface area contributed by atoms with Crippen molar-refractivity contribution in [2.24, 2.45) is 5.73 Å². The van der Waals surface area contributed by atoms with Crippen molar-refractivity contribution >= 4 is 0 Å². The molecule has 0 saturated carbocycles. The van der Waals surface area contributed by atoms with E-state index < -0.39 is 12.6 Å². The summed E-state index contributed by atoms with van der Waals surface area (Å²) >= 11 is 0. The van der Waals surface area contributed by atoms with Gasteiger partial charge in [0.2, 0.25) is 0 Å². The number of halogens is 3. The summed E-state index contributed by atoms with van der Waals surface area (Å²) in [5, 5.41) is 0. The lowest BCUT2D eigenvalue weighted by atomic mass is 9.98. The molecule has 84 valence electrons. The maximum absolute atomic E-state index is 12.1. The normalized spacial score (nSPS) is 13.9. The first-order valence-electron chi connectivity index (χ1n) is 4.78. The first-order valence-corrected chi connectivity index (χ1v) is 4.78. The Morgan fingerprint density at radius 3 is 2.53 bits per heavy atom. The molecule has 15 heavy (non-hydrogen) atoms.